The van der Waals surface area contributed by atoms with Crippen molar-refractivity contribution in [2.24, 2.45) is 0 Å². The quantitative estimate of drug-likeness (QED) is 0.276. The maximum atomic E-state index is 13.3. The second kappa shape index (κ2) is 14.8. The Morgan fingerprint density at radius 3 is 2.33 bits per heavy atom. The summed E-state index contributed by atoms with van der Waals surface area (Å²) >= 11 is 0. The fraction of sp³-hybridized carbons (Fsp3) is 0.345. The summed E-state index contributed by atoms with van der Waals surface area (Å²) in [4.78, 5) is 10.9. The summed E-state index contributed by atoms with van der Waals surface area (Å²) in [6.07, 6.45) is -0.746. The van der Waals surface area contributed by atoms with Crippen molar-refractivity contribution in [3.05, 3.63) is 83.4 Å². The number of carbonyl (C=O) groups is 1. The number of aryl methyl sites for hydroxylation is 2. The molecule has 194 valence electrons. The predicted molar refractivity (Wildman–Crippen MR) is 136 cm³/mol. The maximum absolute atomic E-state index is 13.3. The average molecular weight is 503 g/mol. The summed E-state index contributed by atoms with van der Waals surface area (Å²) in [5.41, 5.74) is 3.51. The van der Waals surface area contributed by atoms with E-state index >= 15 is 0 Å². The lowest BCUT2D eigenvalue weighted by atomic mass is 10.0. The van der Waals surface area contributed by atoms with E-state index in [2.05, 4.69) is 0 Å². The molecule has 36 heavy (non-hydrogen) atoms. The Kier molecular flexibility index (Phi) is 11.8. The van der Waals surface area contributed by atoms with E-state index in [4.69, 9.17) is 14.6 Å². The van der Waals surface area contributed by atoms with Gasteiger partial charge >= 0.3 is 5.97 Å². The standard InChI is InChI=1S/C28H30F2O4.CH3F/c1-3-20-17-24(12-9-21(20)11-14-27(31)32)33-16-15-19(2)34-26-13-10-23(28(29)30)18-25(26)22-7-5-4-6-8-22;1-2/h4-10,12-13,17-19,28H,3,11,14-16H2,1-2H3,(H,31,32);1H3/t19-;/m1./s1. The molecule has 3 aromatic carbocycles. The van der Waals surface area contributed by atoms with Gasteiger partial charge in [0.1, 0.15) is 11.5 Å². The van der Waals surface area contributed by atoms with Crippen molar-refractivity contribution in [3.63, 3.8) is 0 Å². The lowest BCUT2D eigenvalue weighted by Crippen LogP contribution is -2.16. The average Bonchev–Trinajstić information content (AvgIpc) is 2.89. The highest BCUT2D eigenvalue weighted by Crippen LogP contribution is 2.34. The van der Waals surface area contributed by atoms with Crippen molar-refractivity contribution in [3.8, 4) is 22.6 Å². The molecule has 0 unspecified atom stereocenters. The van der Waals surface area contributed by atoms with Crippen LogP contribution in [0.2, 0.25) is 0 Å². The number of hydrogen-bond acceptors (Lipinski definition) is 3. The normalized spacial score (nSPS) is 11.4. The largest absolute Gasteiger partial charge is 0.493 e. The van der Waals surface area contributed by atoms with E-state index in [1.165, 1.54) is 12.1 Å². The Bertz CT molecular complexity index is 1090. The van der Waals surface area contributed by atoms with Crippen LogP contribution in [0.3, 0.4) is 0 Å². The van der Waals surface area contributed by atoms with E-state index < -0.39 is 12.4 Å². The van der Waals surface area contributed by atoms with Gasteiger partial charge in [-0.3, -0.25) is 9.18 Å². The summed E-state index contributed by atoms with van der Waals surface area (Å²) in [5.74, 6) is 0.476. The van der Waals surface area contributed by atoms with Crippen molar-refractivity contribution in [1.29, 1.82) is 0 Å². The van der Waals surface area contributed by atoms with Gasteiger partial charge in [-0.15, -0.1) is 0 Å². The zero-order valence-electron chi connectivity index (χ0n) is 20.8. The molecule has 0 heterocycles. The molecule has 0 aliphatic rings. The predicted octanol–water partition coefficient (Wildman–Crippen LogP) is 7.69. The molecule has 0 fully saturated rings. The third-order valence-corrected chi connectivity index (χ3v) is 5.63. The van der Waals surface area contributed by atoms with Gasteiger partial charge in [0.2, 0.25) is 0 Å². The molecule has 1 atom stereocenters. The van der Waals surface area contributed by atoms with Gasteiger partial charge in [-0.1, -0.05) is 43.3 Å². The number of rotatable bonds is 12. The van der Waals surface area contributed by atoms with Crippen molar-refractivity contribution in [1.82, 2.24) is 0 Å². The van der Waals surface area contributed by atoms with Gasteiger partial charge in [-0.2, -0.15) is 0 Å². The zero-order chi connectivity index (χ0) is 26.5. The van der Waals surface area contributed by atoms with E-state index in [9.17, 15) is 18.0 Å². The third kappa shape index (κ3) is 8.63. The second-order valence-corrected chi connectivity index (χ2v) is 8.17. The first kappa shape index (κ1) is 28.8. The lowest BCUT2D eigenvalue weighted by molar-refractivity contribution is -0.136. The van der Waals surface area contributed by atoms with Crippen molar-refractivity contribution in [2.45, 2.75) is 52.1 Å². The summed E-state index contributed by atoms with van der Waals surface area (Å²) < 4.78 is 48.0. The number of halogens is 3. The Labute approximate surface area is 210 Å². The van der Waals surface area contributed by atoms with E-state index in [0.29, 0.717) is 37.9 Å². The van der Waals surface area contributed by atoms with Crippen molar-refractivity contribution in [2.75, 3.05) is 13.8 Å². The molecular weight excluding hydrogens is 469 g/mol. The summed E-state index contributed by atoms with van der Waals surface area (Å²) in [7, 11) is 0.500. The monoisotopic (exact) mass is 502 g/mol. The van der Waals surface area contributed by atoms with Gasteiger partial charge < -0.3 is 14.6 Å². The molecular formula is C29H33F3O4. The molecule has 0 radical (unpaired) electrons. The highest BCUT2D eigenvalue weighted by molar-refractivity contribution is 5.71. The van der Waals surface area contributed by atoms with Crippen molar-refractivity contribution < 1.29 is 32.5 Å². The fourth-order valence-electron chi connectivity index (χ4n) is 3.75. The van der Waals surface area contributed by atoms with Crippen LogP contribution in [-0.2, 0) is 17.6 Å². The SMILES string of the molecule is CCc1cc(OCC[C@@H](C)Oc2ccc(C(F)F)cc2-c2ccccc2)ccc1CCC(=O)O.CF. The molecule has 0 saturated carbocycles. The number of aliphatic carboxylic acids is 1. The lowest BCUT2D eigenvalue weighted by Gasteiger charge is -2.19. The molecule has 3 rings (SSSR count). The second-order valence-electron chi connectivity index (χ2n) is 8.17. The zero-order valence-corrected chi connectivity index (χ0v) is 20.8. The molecule has 1 N–H and O–H groups in total. The van der Waals surface area contributed by atoms with Crippen LogP contribution in [-0.4, -0.2) is 31.0 Å². The van der Waals surface area contributed by atoms with E-state index in [1.54, 1.807) is 6.07 Å². The number of benzene rings is 3. The first-order valence-corrected chi connectivity index (χ1v) is 11.9. The number of hydrogen-bond donors (Lipinski definition) is 1. The molecule has 0 aromatic heterocycles. The molecule has 0 amide bonds. The van der Waals surface area contributed by atoms with Crippen LogP contribution >= 0.6 is 0 Å². The van der Waals surface area contributed by atoms with Gasteiger partial charge in [-0.25, -0.2) is 8.78 Å². The van der Waals surface area contributed by atoms with Crippen LogP contribution in [0, 0.1) is 0 Å². The Morgan fingerprint density at radius 2 is 1.69 bits per heavy atom. The number of ether oxygens (including phenoxy) is 2. The molecule has 0 spiro atoms. The Hall–Kier alpha value is -3.48. The van der Waals surface area contributed by atoms with Crippen LogP contribution in [0.25, 0.3) is 11.1 Å². The molecule has 0 aliphatic heterocycles. The molecule has 0 saturated heterocycles. The number of carboxylic acids is 1. The minimum atomic E-state index is -2.55. The van der Waals surface area contributed by atoms with Crippen molar-refractivity contribution >= 4 is 5.97 Å². The van der Waals surface area contributed by atoms with Gasteiger partial charge in [0.15, 0.2) is 0 Å². The molecule has 0 bridgehead atoms. The van der Waals surface area contributed by atoms with Gasteiger partial charge in [0.25, 0.3) is 6.43 Å². The molecule has 4 nitrogen and oxygen atoms in total. The van der Waals surface area contributed by atoms with Gasteiger partial charge in [0, 0.05) is 24.0 Å². The smallest absolute Gasteiger partial charge is 0.303 e. The van der Waals surface area contributed by atoms with Crippen LogP contribution < -0.4 is 9.47 Å². The van der Waals surface area contributed by atoms with E-state index in [-0.39, 0.29) is 18.1 Å². The Balaban J connectivity index is 0.00000222. The third-order valence-electron chi connectivity index (χ3n) is 5.63. The van der Waals surface area contributed by atoms with Gasteiger partial charge in [-0.05, 0) is 66.8 Å². The summed E-state index contributed by atoms with van der Waals surface area (Å²) in [6, 6.07) is 19.6. The summed E-state index contributed by atoms with van der Waals surface area (Å²) in [6.45, 7) is 4.38. The maximum Gasteiger partial charge on any atom is 0.303 e. The van der Waals surface area contributed by atoms with E-state index in [1.807, 2.05) is 62.4 Å². The highest BCUT2D eigenvalue weighted by atomic mass is 19.3. The van der Waals surface area contributed by atoms with Crippen LogP contribution in [0.5, 0.6) is 11.5 Å². The highest BCUT2D eigenvalue weighted by Gasteiger charge is 2.15. The minimum Gasteiger partial charge on any atom is -0.493 e. The molecule has 3 aromatic rings. The fourth-order valence-corrected chi connectivity index (χ4v) is 3.75. The number of carboxylic acid groups (broad SMARTS) is 1. The Morgan fingerprint density at radius 1 is 0.972 bits per heavy atom. The molecule has 0 aliphatic carbocycles. The molecule has 7 heteroatoms. The van der Waals surface area contributed by atoms with Gasteiger partial charge in [0.05, 0.1) is 19.9 Å². The van der Waals surface area contributed by atoms with Crippen LogP contribution in [0.4, 0.5) is 13.2 Å². The summed E-state index contributed by atoms with van der Waals surface area (Å²) in [5, 5.41) is 8.92. The number of alkyl halides is 3. The first-order valence-electron chi connectivity index (χ1n) is 11.9. The van der Waals surface area contributed by atoms with Crippen LogP contribution in [0.15, 0.2) is 66.7 Å². The topological polar surface area (TPSA) is 55.8 Å². The van der Waals surface area contributed by atoms with Crippen LogP contribution in [0.1, 0.15) is 49.8 Å². The van der Waals surface area contributed by atoms with E-state index in [0.717, 1.165) is 28.9 Å². The minimum absolute atomic E-state index is 0.0410. The first-order chi connectivity index (χ1) is 17.4.